The van der Waals surface area contributed by atoms with Gasteiger partial charge in [0.05, 0.1) is 17.2 Å². The molecule has 3 N–H and O–H groups in total. The molecule has 2 aromatic rings. The Balaban J connectivity index is 1.53. The Hall–Kier alpha value is -1.92. The van der Waals surface area contributed by atoms with Gasteiger partial charge in [-0.2, -0.15) is 0 Å². The molecule has 1 aliphatic rings. The second-order valence-corrected chi connectivity index (χ2v) is 6.00. The summed E-state index contributed by atoms with van der Waals surface area (Å²) in [5.74, 6) is 0. The number of benzene rings is 1. The van der Waals surface area contributed by atoms with Crippen LogP contribution in [-0.4, -0.2) is 28.8 Å². The largest absolute Gasteiger partial charge is 0.390 e. The van der Waals surface area contributed by atoms with Crippen molar-refractivity contribution in [1.82, 2.24) is 15.6 Å². The van der Waals surface area contributed by atoms with E-state index in [-0.39, 0.29) is 12.1 Å². The van der Waals surface area contributed by atoms with Crippen molar-refractivity contribution in [2.24, 2.45) is 0 Å². The molecule has 110 valence electrons. The van der Waals surface area contributed by atoms with Crippen molar-refractivity contribution in [3.8, 4) is 0 Å². The molecule has 21 heavy (non-hydrogen) atoms. The van der Waals surface area contributed by atoms with Crippen LogP contribution in [0.5, 0.6) is 0 Å². The van der Waals surface area contributed by atoms with Gasteiger partial charge in [0.15, 0.2) is 0 Å². The minimum atomic E-state index is -0.563. The monoisotopic (exact) mass is 303 g/mol. The Labute approximate surface area is 127 Å². The SMILES string of the molecule is O=C(NCCc1nccs1)N[C@@H]1c2ccccc2C[C@@H]1O. The van der Waals surface area contributed by atoms with Crippen LogP contribution in [-0.2, 0) is 12.8 Å². The van der Waals surface area contributed by atoms with Crippen molar-refractivity contribution in [2.45, 2.75) is 25.0 Å². The summed E-state index contributed by atoms with van der Waals surface area (Å²) in [5.41, 5.74) is 2.10. The second-order valence-electron chi connectivity index (χ2n) is 5.02. The summed E-state index contributed by atoms with van der Waals surface area (Å²) in [4.78, 5) is 16.1. The predicted molar refractivity (Wildman–Crippen MR) is 81.2 cm³/mol. The number of hydrogen-bond acceptors (Lipinski definition) is 4. The van der Waals surface area contributed by atoms with E-state index in [4.69, 9.17) is 0 Å². The fraction of sp³-hybridized carbons (Fsp3) is 0.333. The maximum Gasteiger partial charge on any atom is 0.315 e. The first-order valence-corrected chi connectivity index (χ1v) is 7.80. The number of nitrogens with zero attached hydrogens (tertiary/aromatic N) is 1. The molecule has 1 aliphatic carbocycles. The molecule has 0 fully saturated rings. The van der Waals surface area contributed by atoms with Gasteiger partial charge in [0.1, 0.15) is 0 Å². The van der Waals surface area contributed by atoms with E-state index in [0.29, 0.717) is 13.0 Å². The molecule has 5 nitrogen and oxygen atoms in total. The maximum absolute atomic E-state index is 11.9. The molecule has 6 heteroatoms. The Morgan fingerprint density at radius 3 is 3.10 bits per heavy atom. The number of thiazole rings is 1. The summed E-state index contributed by atoms with van der Waals surface area (Å²) in [5, 5.41) is 18.7. The van der Waals surface area contributed by atoms with Crippen molar-refractivity contribution in [3.63, 3.8) is 0 Å². The summed E-state index contributed by atoms with van der Waals surface area (Å²) in [7, 11) is 0. The first-order chi connectivity index (χ1) is 10.2. The van der Waals surface area contributed by atoms with Gasteiger partial charge in [0.25, 0.3) is 0 Å². The lowest BCUT2D eigenvalue weighted by Crippen LogP contribution is -2.41. The van der Waals surface area contributed by atoms with Crippen LogP contribution in [0.3, 0.4) is 0 Å². The van der Waals surface area contributed by atoms with E-state index in [0.717, 1.165) is 22.6 Å². The Morgan fingerprint density at radius 1 is 1.43 bits per heavy atom. The highest BCUT2D eigenvalue weighted by atomic mass is 32.1. The molecule has 3 rings (SSSR count). The van der Waals surface area contributed by atoms with E-state index >= 15 is 0 Å². The minimum Gasteiger partial charge on any atom is -0.390 e. The van der Waals surface area contributed by atoms with Gasteiger partial charge in [-0.3, -0.25) is 0 Å². The number of urea groups is 1. The average molecular weight is 303 g/mol. The van der Waals surface area contributed by atoms with Crippen LogP contribution in [0.4, 0.5) is 4.79 Å². The van der Waals surface area contributed by atoms with Crippen LogP contribution in [0.25, 0.3) is 0 Å². The zero-order valence-electron chi connectivity index (χ0n) is 11.5. The highest BCUT2D eigenvalue weighted by Crippen LogP contribution is 2.30. The number of carbonyl (C=O) groups excluding carboxylic acids is 1. The molecule has 2 amide bonds. The van der Waals surface area contributed by atoms with E-state index in [1.165, 1.54) is 0 Å². The van der Waals surface area contributed by atoms with Gasteiger partial charge in [0, 0.05) is 31.0 Å². The smallest absolute Gasteiger partial charge is 0.315 e. The van der Waals surface area contributed by atoms with E-state index in [9.17, 15) is 9.90 Å². The molecule has 0 unspecified atom stereocenters. The molecule has 1 aromatic heterocycles. The van der Waals surface area contributed by atoms with Crippen LogP contribution in [0, 0.1) is 0 Å². The normalized spacial score (nSPS) is 20.0. The molecule has 0 spiro atoms. The first-order valence-electron chi connectivity index (χ1n) is 6.92. The van der Waals surface area contributed by atoms with Crippen LogP contribution in [0.2, 0.25) is 0 Å². The summed E-state index contributed by atoms with van der Waals surface area (Å²) in [6.45, 7) is 0.532. The topological polar surface area (TPSA) is 74.2 Å². The third kappa shape index (κ3) is 3.22. The number of aromatic nitrogens is 1. The average Bonchev–Trinajstić information content (AvgIpc) is 3.08. The van der Waals surface area contributed by atoms with Crippen LogP contribution >= 0.6 is 11.3 Å². The molecule has 0 aliphatic heterocycles. The quantitative estimate of drug-likeness (QED) is 0.804. The van der Waals surface area contributed by atoms with Gasteiger partial charge in [-0.25, -0.2) is 9.78 Å². The zero-order chi connectivity index (χ0) is 14.7. The summed E-state index contributed by atoms with van der Waals surface area (Å²) >= 11 is 1.58. The summed E-state index contributed by atoms with van der Waals surface area (Å²) in [6.07, 6.45) is 2.49. The Morgan fingerprint density at radius 2 is 2.29 bits per heavy atom. The molecule has 1 heterocycles. The van der Waals surface area contributed by atoms with Crippen molar-refractivity contribution >= 4 is 17.4 Å². The van der Waals surface area contributed by atoms with E-state index in [2.05, 4.69) is 15.6 Å². The highest BCUT2D eigenvalue weighted by Gasteiger charge is 2.31. The summed E-state index contributed by atoms with van der Waals surface area (Å²) in [6, 6.07) is 7.22. The lowest BCUT2D eigenvalue weighted by Gasteiger charge is -2.18. The zero-order valence-corrected chi connectivity index (χ0v) is 12.3. The lowest BCUT2D eigenvalue weighted by molar-refractivity contribution is 0.142. The third-order valence-electron chi connectivity index (χ3n) is 3.60. The van der Waals surface area contributed by atoms with Crippen molar-refractivity contribution in [2.75, 3.05) is 6.54 Å². The number of nitrogens with one attached hydrogen (secondary N) is 2. The molecular formula is C15H17N3O2S. The molecule has 2 atom stereocenters. The van der Waals surface area contributed by atoms with Gasteiger partial charge in [-0.15, -0.1) is 11.3 Å². The second kappa shape index (κ2) is 6.24. The summed E-state index contributed by atoms with van der Waals surface area (Å²) < 4.78 is 0. The molecule has 0 saturated carbocycles. The number of amides is 2. The molecular weight excluding hydrogens is 286 g/mol. The maximum atomic E-state index is 11.9. The van der Waals surface area contributed by atoms with Gasteiger partial charge < -0.3 is 15.7 Å². The van der Waals surface area contributed by atoms with E-state index in [1.54, 1.807) is 17.5 Å². The molecule has 0 bridgehead atoms. The first kappa shape index (κ1) is 14.0. The van der Waals surface area contributed by atoms with Gasteiger partial charge >= 0.3 is 6.03 Å². The fourth-order valence-electron chi connectivity index (χ4n) is 2.60. The van der Waals surface area contributed by atoms with E-state index < -0.39 is 6.10 Å². The number of aliphatic hydroxyl groups excluding tert-OH is 1. The van der Waals surface area contributed by atoms with Gasteiger partial charge in [-0.05, 0) is 11.1 Å². The molecule has 0 radical (unpaired) electrons. The van der Waals surface area contributed by atoms with Crippen molar-refractivity contribution in [3.05, 3.63) is 52.0 Å². The fourth-order valence-corrected chi connectivity index (χ4v) is 3.22. The van der Waals surface area contributed by atoms with E-state index in [1.807, 2.05) is 29.6 Å². The van der Waals surface area contributed by atoms with Crippen molar-refractivity contribution < 1.29 is 9.90 Å². The van der Waals surface area contributed by atoms with Crippen molar-refractivity contribution in [1.29, 1.82) is 0 Å². The minimum absolute atomic E-state index is 0.257. The van der Waals surface area contributed by atoms with Crippen LogP contribution in [0.15, 0.2) is 35.8 Å². The predicted octanol–water partition coefficient (Wildman–Crippen LogP) is 1.64. The third-order valence-corrected chi connectivity index (χ3v) is 4.44. The number of hydrogen-bond donors (Lipinski definition) is 3. The highest BCUT2D eigenvalue weighted by molar-refractivity contribution is 7.09. The number of fused-ring (bicyclic) bond motifs is 1. The van der Waals surface area contributed by atoms with Crippen LogP contribution < -0.4 is 10.6 Å². The number of carbonyl (C=O) groups is 1. The lowest BCUT2D eigenvalue weighted by atomic mass is 10.1. The molecule has 0 saturated heterocycles. The van der Waals surface area contributed by atoms with Gasteiger partial charge in [-0.1, -0.05) is 24.3 Å². The standard InChI is InChI=1S/C15H17N3O2S/c19-12-9-10-3-1-2-4-11(10)14(12)18-15(20)17-6-5-13-16-7-8-21-13/h1-4,7-8,12,14,19H,5-6,9H2,(H2,17,18,20)/t12-,14+/m0/s1. The number of aliphatic hydroxyl groups is 1. The van der Waals surface area contributed by atoms with Gasteiger partial charge in [0.2, 0.25) is 0 Å². The van der Waals surface area contributed by atoms with Crippen LogP contribution in [0.1, 0.15) is 22.2 Å². The Kier molecular flexibility index (Phi) is 4.17. The molecule has 1 aromatic carbocycles. The number of rotatable bonds is 4. The Bertz CT molecular complexity index is 615.